The first-order valence-electron chi connectivity index (χ1n) is 6.02. The molecule has 0 bridgehead atoms. The maximum Gasteiger partial charge on any atom is 0.138 e. The lowest BCUT2D eigenvalue weighted by Crippen LogP contribution is -2.19. The minimum Gasteiger partial charge on any atom is -0.309 e. The molecule has 0 atom stereocenters. The number of carbonyl (C=O) groups excluding carboxylic acids is 1. The van der Waals surface area contributed by atoms with Gasteiger partial charge in [0.1, 0.15) is 5.78 Å². The first-order chi connectivity index (χ1) is 6.84. The number of hydrogen-bond donors (Lipinski definition) is 0. The summed E-state index contributed by atoms with van der Waals surface area (Å²) in [4.78, 5) is 13.8. The molecular formula is C13H27NO. The molecule has 0 heterocycles. The second-order valence-electron chi connectivity index (χ2n) is 5.64. The van der Waals surface area contributed by atoms with Crippen LogP contribution in [0.5, 0.6) is 0 Å². The molecular weight excluding hydrogens is 186 g/mol. The number of unbranched alkanes of at least 4 members (excludes halogenated alkanes) is 3. The second kappa shape index (κ2) is 7.00. The van der Waals surface area contributed by atoms with Crippen LogP contribution >= 0.6 is 0 Å². The molecule has 0 saturated heterocycles. The molecule has 0 rings (SSSR count). The molecule has 0 fully saturated rings. The van der Waals surface area contributed by atoms with Crippen LogP contribution in [-0.2, 0) is 4.79 Å². The Morgan fingerprint density at radius 1 is 1.00 bits per heavy atom. The Bertz CT molecular complexity index is 179. The van der Waals surface area contributed by atoms with Gasteiger partial charge in [-0.2, -0.15) is 0 Å². The van der Waals surface area contributed by atoms with E-state index in [1.165, 1.54) is 19.3 Å². The van der Waals surface area contributed by atoms with Gasteiger partial charge in [0.15, 0.2) is 0 Å². The van der Waals surface area contributed by atoms with E-state index >= 15 is 0 Å². The van der Waals surface area contributed by atoms with E-state index in [9.17, 15) is 4.79 Å². The van der Waals surface area contributed by atoms with Gasteiger partial charge in [-0.15, -0.1) is 0 Å². The number of ketones is 1. The molecule has 15 heavy (non-hydrogen) atoms. The quantitative estimate of drug-likeness (QED) is 0.606. The number of rotatable bonds is 7. The van der Waals surface area contributed by atoms with E-state index in [2.05, 4.69) is 19.0 Å². The predicted molar refractivity (Wildman–Crippen MR) is 66.1 cm³/mol. The van der Waals surface area contributed by atoms with Crippen LogP contribution in [0.3, 0.4) is 0 Å². The maximum atomic E-state index is 11.6. The SMILES string of the molecule is CN(C)CCCCCCC(=O)C(C)(C)C. The summed E-state index contributed by atoms with van der Waals surface area (Å²) >= 11 is 0. The zero-order chi connectivity index (χ0) is 11.9. The van der Waals surface area contributed by atoms with Gasteiger partial charge in [-0.25, -0.2) is 0 Å². The van der Waals surface area contributed by atoms with E-state index in [1.54, 1.807) is 0 Å². The van der Waals surface area contributed by atoms with Crippen LogP contribution in [0.15, 0.2) is 0 Å². The standard InChI is InChI=1S/C13H27NO/c1-13(2,3)12(15)10-8-6-7-9-11-14(4)5/h6-11H2,1-5H3. The Morgan fingerprint density at radius 2 is 1.53 bits per heavy atom. The van der Waals surface area contributed by atoms with Crippen molar-refractivity contribution >= 4 is 5.78 Å². The lowest BCUT2D eigenvalue weighted by molar-refractivity contribution is -0.126. The Hall–Kier alpha value is -0.370. The van der Waals surface area contributed by atoms with Crippen LogP contribution in [0.2, 0.25) is 0 Å². The topological polar surface area (TPSA) is 20.3 Å². The van der Waals surface area contributed by atoms with E-state index < -0.39 is 0 Å². The summed E-state index contributed by atoms with van der Waals surface area (Å²) in [5.41, 5.74) is -0.149. The Labute approximate surface area is 95.0 Å². The molecule has 0 aromatic rings. The fraction of sp³-hybridized carbons (Fsp3) is 0.923. The lowest BCUT2D eigenvalue weighted by atomic mass is 9.88. The molecule has 0 aliphatic rings. The van der Waals surface area contributed by atoms with Gasteiger partial charge in [0, 0.05) is 11.8 Å². The van der Waals surface area contributed by atoms with Gasteiger partial charge in [0.2, 0.25) is 0 Å². The molecule has 2 heteroatoms. The van der Waals surface area contributed by atoms with Crippen molar-refractivity contribution in [2.75, 3.05) is 20.6 Å². The van der Waals surface area contributed by atoms with Crippen molar-refractivity contribution in [3.8, 4) is 0 Å². The van der Waals surface area contributed by atoms with Crippen LogP contribution in [0.1, 0.15) is 52.9 Å². The molecule has 0 aromatic carbocycles. The molecule has 0 N–H and O–H groups in total. The molecule has 0 amide bonds. The second-order valence-corrected chi connectivity index (χ2v) is 5.64. The summed E-state index contributed by atoms with van der Waals surface area (Å²) in [7, 11) is 4.20. The van der Waals surface area contributed by atoms with E-state index in [0.29, 0.717) is 5.78 Å². The Morgan fingerprint density at radius 3 is 2.00 bits per heavy atom. The van der Waals surface area contributed by atoms with Crippen molar-refractivity contribution in [1.82, 2.24) is 4.90 Å². The highest BCUT2D eigenvalue weighted by Crippen LogP contribution is 2.18. The van der Waals surface area contributed by atoms with E-state index in [-0.39, 0.29) is 5.41 Å². The summed E-state index contributed by atoms with van der Waals surface area (Å²) in [6.45, 7) is 7.16. The van der Waals surface area contributed by atoms with Crippen molar-refractivity contribution in [3.63, 3.8) is 0 Å². The lowest BCUT2D eigenvalue weighted by Gasteiger charge is -2.16. The maximum absolute atomic E-state index is 11.6. The van der Waals surface area contributed by atoms with Crippen molar-refractivity contribution < 1.29 is 4.79 Å². The fourth-order valence-electron chi connectivity index (χ4n) is 1.44. The smallest absolute Gasteiger partial charge is 0.138 e. The first-order valence-corrected chi connectivity index (χ1v) is 6.02. The Balaban J connectivity index is 3.36. The average molecular weight is 213 g/mol. The third-order valence-corrected chi connectivity index (χ3v) is 2.60. The van der Waals surface area contributed by atoms with Crippen molar-refractivity contribution in [2.24, 2.45) is 5.41 Å². The third kappa shape index (κ3) is 8.61. The number of Topliss-reactive ketones (excluding diaryl/α,β-unsaturated/α-hetero) is 1. The largest absolute Gasteiger partial charge is 0.309 e. The van der Waals surface area contributed by atoms with Gasteiger partial charge >= 0.3 is 0 Å². The number of hydrogen-bond acceptors (Lipinski definition) is 2. The van der Waals surface area contributed by atoms with Crippen LogP contribution in [0, 0.1) is 5.41 Å². The van der Waals surface area contributed by atoms with Crippen LogP contribution in [-0.4, -0.2) is 31.3 Å². The highest BCUT2D eigenvalue weighted by molar-refractivity contribution is 5.83. The molecule has 0 aliphatic carbocycles. The minimum absolute atomic E-state index is 0.149. The zero-order valence-electron chi connectivity index (χ0n) is 11.1. The van der Waals surface area contributed by atoms with Crippen LogP contribution < -0.4 is 0 Å². The van der Waals surface area contributed by atoms with Gasteiger partial charge in [-0.3, -0.25) is 4.79 Å². The summed E-state index contributed by atoms with van der Waals surface area (Å²) in [5.74, 6) is 0.398. The Kier molecular flexibility index (Phi) is 6.82. The highest BCUT2D eigenvalue weighted by atomic mass is 16.1. The van der Waals surface area contributed by atoms with E-state index in [1.807, 2.05) is 20.8 Å². The highest BCUT2D eigenvalue weighted by Gasteiger charge is 2.19. The number of nitrogens with zero attached hydrogens (tertiary/aromatic N) is 1. The van der Waals surface area contributed by atoms with Gasteiger partial charge in [0.05, 0.1) is 0 Å². The zero-order valence-corrected chi connectivity index (χ0v) is 11.1. The van der Waals surface area contributed by atoms with Gasteiger partial charge in [-0.05, 0) is 33.5 Å². The van der Waals surface area contributed by atoms with Gasteiger partial charge in [-0.1, -0.05) is 33.6 Å². The van der Waals surface area contributed by atoms with E-state index in [4.69, 9.17) is 0 Å². The fourth-order valence-corrected chi connectivity index (χ4v) is 1.44. The molecule has 90 valence electrons. The average Bonchev–Trinajstić information content (AvgIpc) is 2.08. The third-order valence-electron chi connectivity index (χ3n) is 2.60. The van der Waals surface area contributed by atoms with Crippen molar-refractivity contribution in [2.45, 2.75) is 52.9 Å². The summed E-state index contributed by atoms with van der Waals surface area (Å²) < 4.78 is 0. The van der Waals surface area contributed by atoms with Gasteiger partial charge in [0.25, 0.3) is 0 Å². The normalized spacial score (nSPS) is 12.1. The van der Waals surface area contributed by atoms with E-state index in [0.717, 1.165) is 19.4 Å². The molecule has 2 nitrogen and oxygen atoms in total. The summed E-state index contributed by atoms with van der Waals surface area (Å²) in [5, 5.41) is 0. The summed E-state index contributed by atoms with van der Waals surface area (Å²) in [6.07, 6.45) is 5.50. The predicted octanol–water partition coefficient (Wildman–Crippen LogP) is 3.11. The van der Waals surface area contributed by atoms with Crippen LogP contribution in [0.4, 0.5) is 0 Å². The molecule has 0 aromatic heterocycles. The van der Waals surface area contributed by atoms with Gasteiger partial charge < -0.3 is 4.90 Å². The molecule has 0 aliphatic heterocycles. The number of carbonyl (C=O) groups is 1. The van der Waals surface area contributed by atoms with Crippen molar-refractivity contribution in [1.29, 1.82) is 0 Å². The molecule has 0 unspecified atom stereocenters. The molecule has 0 radical (unpaired) electrons. The van der Waals surface area contributed by atoms with Crippen LogP contribution in [0.25, 0.3) is 0 Å². The summed E-state index contributed by atoms with van der Waals surface area (Å²) in [6, 6.07) is 0. The minimum atomic E-state index is -0.149. The molecule has 0 saturated carbocycles. The monoisotopic (exact) mass is 213 g/mol. The molecule has 0 spiro atoms. The van der Waals surface area contributed by atoms with Crippen molar-refractivity contribution in [3.05, 3.63) is 0 Å². The first kappa shape index (κ1) is 14.6.